The van der Waals surface area contributed by atoms with E-state index in [4.69, 9.17) is 0 Å². The molecule has 2 aromatic rings. The lowest BCUT2D eigenvalue weighted by atomic mass is 10.0. The normalized spacial score (nSPS) is 19.9. The van der Waals surface area contributed by atoms with Crippen molar-refractivity contribution < 1.29 is 17.7 Å². The average molecular weight is 312 g/mol. The number of likely N-dealkylation sites (N-methyl/N-ethyl adjacent to an activating group) is 1. The van der Waals surface area contributed by atoms with Gasteiger partial charge in [-0.3, -0.25) is 4.90 Å². The number of aromatic nitrogens is 2. The SMILES string of the molecule is CN1CCN(c2noc(C(F)F)n2)CC1c1ccc(F)cc1. The number of nitrogens with zero attached hydrogens (tertiary/aromatic N) is 4. The number of halogens is 3. The fourth-order valence-corrected chi connectivity index (χ4v) is 2.54. The first-order valence-corrected chi connectivity index (χ1v) is 6.87. The van der Waals surface area contributed by atoms with E-state index in [-0.39, 0.29) is 17.8 Å². The van der Waals surface area contributed by atoms with Gasteiger partial charge in [0.05, 0.1) is 6.04 Å². The molecule has 1 aliphatic rings. The molecule has 2 heterocycles. The van der Waals surface area contributed by atoms with E-state index >= 15 is 0 Å². The van der Waals surface area contributed by atoms with Crippen LogP contribution in [0, 0.1) is 5.82 Å². The van der Waals surface area contributed by atoms with Crippen LogP contribution in [0.2, 0.25) is 0 Å². The summed E-state index contributed by atoms with van der Waals surface area (Å²) in [5.41, 5.74) is 0.950. The van der Waals surface area contributed by atoms with Crippen LogP contribution in [0.4, 0.5) is 19.1 Å². The summed E-state index contributed by atoms with van der Waals surface area (Å²) < 4.78 is 42.7. The fraction of sp³-hybridized carbons (Fsp3) is 0.429. The van der Waals surface area contributed by atoms with Gasteiger partial charge in [-0.15, -0.1) is 0 Å². The molecule has 1 fully saturated rings. The Balaban J connectivity index is 1.79. The van der Waals surface area contributed by atoms with Gasteiger partial charge < -0.3 is 9.42 Å². The molecule has 1 aromatic heterocycles. The summed E-state index contributed by atoms with van der Waals surface area (Å²) >= 11 is 0. The molecule has 118 valence electrons. The van der Waals surface area contributed by atoms with Crippen molar-refractivity contribution in [2.75, 3.05) is 31.6 Å². The van der Waals surface area contributed by atoms with Crippen LogP contribution in [0.15, 0.2) is 28.8 Å². The van der Waals surface area contributed by atoms with E-state index in [9.17, 15) is 13.2 Å². The Morgan fingerprint density at radius 3 is 2.59 bits per heavy atom. The van der Waals surface area contributed by atoms with E-state index in [2.05, 4.69) is 19.6 Å². The van der Waals surface area contributed by atoms with Crippen molar-refractivity contribution in [3.05, 3.63) is 41.5 Å². The van der Waals surface area contributed by atoms with Crippen LogP contribution in [0.1, 0.15) is 23.9 Å². The van der Waals surface area contributed by atoms with Crippen LogP contribution in [0.25, 0.3) is 0 Å². The topological polar surface area (TPSA) is 45.4 Å². The van der Waals surface area contributed by atoms with Gasteiger partial charge in [-0.25, -0.2) is 4.39 Å². The monoisotopic (exact) mass is 312 g/mol. The van der Waals surface area contributed by atoms with E-state index < -0.39 is 12.3 Å². The third kappa shape index (κ3) is 2.92. The highest BCUT2D eigenvalue weighted by Crippen LogP contribution is 2.27. The fourth-order valence-electron chi connectivity index (χ4n) is 2.54. The zero-order chi connectivity index (χ0) is 15.7. The summed E-state index contributed by atoms with van der Waals surface area (Å²) in [7, 11) is 1.96. The zero-order valence-electron chi connectivity index (χ0n) is 11.9. The maximum Gasteiger partial charge on any atom is 0.316 e. The number of rotatable bonds is 3. The molecule has 22 heavy (non-hydrogen) atoms. The molecule has 0 amide bonds. The van der Waals surface area contributed by atoms with Gasteiger partial charge in [0.25, 0.3) is 11.8 Å². The van der Waals surface area contributed by atoms with Crippen molar-refractivity contribution in [1.82, 2.24) is 15.0 Å². The van der Waals surface area contributed by atoms with Crippen molar-refractivity contribution in [2.24, 2.45) is 0 Å². The van der Waals surface area contributed by atoms with E-state index in [0.717, 1.165) is 5.56 Å². The van der Waals surface area contributed by atoms with Crippen molar-refractivity contribution in [3.63, 3.8) is 0 Å². The first-order valence-electron chi connectivity index (χ1n) is 6.87. The smallest absolute Gasteiger partial charge is 0.316 e. The zero-order valence-corrected chi connectivity index (χ0v) is 11.9. The predicted molar refractivity (Wildman–Crippen MR) is 73.2 cm³/mol. The summed E-state index contributed by atoms with van der Waals surface area (Å²) in [6, 6.07) is 6.26. The number of piperazine rings is 1. The second-order valence-corrected chi connectivity index (χ2v) is 5.23. The lowest BCUT2D eigenvalue weighted by molar-refractivity contribution is 0.106. The van der Waals surface area contributed by atoms with Gasteiger partial charge in [0.2, 0.25) is 0 Å². The highest BCUT2D eigenvalue weighted by atomic mass is 19.3. The average Bonchev–Trinajstić information content (AvgIpc) is 2.99. The second kappa shape index (κ2) is 5.96. The van der Waals surface area contributed by atoms with Crippen molar-refractivity contribution in [3.8, 4) is 0 Å². The summed E-state index contributed by atoms with van der Waals surface area (Å²) in [6.45, 7) is 1.83. The van der Waals surface area contributed by atoms with Crippen LogP contribution >= 0.6 is 0 Å². The summed E-state index contributed by atoms with van der Waals surface area (Å²) in [4.78, 5) is 7.64. The first-order chi connectivity index (χ1) is 10.5. The Morgan fingerprint density at radius 1 is 1.23 bits per heavy atom. The molecule has 3 rings (SSSR count). The summed E-state index contributed by atoms with van der Waals surface area (Å²) in [6.07, 6.45) is -2.78. The lowest BCUT2D eigenvalue weighted by Gasteiger charge is -2.39. The molecule has 0 aliphatic carbocycles. The highest BCUT2D eigenvalue weighted by molar-refractivity contribution is 5.32. The highest BCUT2D eigenvalue weighted by Gasteiger charge is 2.29. The number of anilines is 1. The van der Waals surface area contributed by atoms with Crippen LogP contribution < -0.4 is 4.90 Å². The van der Waals surface area contributed by atoms with Crippen molar-refractivity contribution in [1.29, 1.82) is 0 Å². The molecular formula is C14H15F3N4O. The quantitative estimate of drug-likeness (QED) is 0.872. The molecule has 8 heteroatoms. The molecule has 0 saturated carbocycles. The van der Waals surface area contributed by atoms with Gasteiger partial charge in [-0.05, 0) is 29.9 Å². The molecular weight excluding hydrogens is 297 g/mol. The number of hydrogen-bond donors (Lipinski definition) is 0. The van der Waals surface area contributed by atoms with Gasteiger partial charge in [0, 0.05) is 19.6 Å². The maximum atomic E-state index is 13.0. The van der Waals surface area contributed by atoms with Crippen molar-refractivity contribution >= 4 is 5.95 Å². The molecule has 1 unspecified atom stereocenters. The number of hydrogen-bond acceptors (Lipinski definition) is 5. The van der Waals surface area contributed by atoms with Gasteiger partial charge in [0.1, 0.15) is 5.82 Å². The largest absolute Gasteiger partial charge is 0.335 e. The van der Waals surface area contributed by atoms with E-state index in [1.54, 1.807) is 17.0 Å². The van der Waals surface area contributed by atoms with Crippen LogP contribution in [-0.4, -0.2) is 41.7 Å². The third-order valence-corrected chi connectivity index (χ3v) is 3.80. The van der Waals surface area contributed by atoms with Gasteiger partial charge in [-0.2, -0.15) is 13.8 Å². The second-order valence-electron chi connectivity index (χ2n) is 5.23. The molecule has 0 radical (unpaired) electrons. The van der Waals surface area contributed by atoms with Crippen molar-refractivity contribution in [2.45, 2.75) is 12.5 Å². The predicted octanol–water partition coefficient (Wildman–Crippen LogP) is 2.64. The van der Waals surface area contributed by atoms with Gasteiger partial charge in [-0.1, -0.05) is 12.1 Å². The Hall–Kier alpha value is -2.09. The minimum absolute atomic E-state index is 0.00264. The van der Waals surface area contributed by atoms with E-state index in [1.165, 1.54) is 12.1 Å². The molecule has 0 bridgehead atoms. The van der Waals surface area contributed by atoms with Gasteiger partial charge in [0.15, 0.2) is 0 Å². The van der Waals surface area contributed by atoms with Crippen LogP contribution in [0.3, 0.4) is 0 Å². The maximum absolute atomic E-state index is 13.0. The Labute approximate surface area is 125 Å². The Morgan fingerprint density at radius 2 is 1.95 bits per heavy atom. The molecule has 1 aromatic carbocycles. The standard InChI is InChI=1S/C14H15F3N4O/c1-20-6-7-21(14-18-13(12(16)17)22-19-14)8-11(20)9-2-4-10(15)5-3-9/h2-5,11-12H,6-8H2,1H3. The molecule has 1 saturated heterocycles. The molecule has 1 atom stereocenters. The van der Waals surface area contributed by atoms with E-state index in [0.29, 0.717) is 19.6 Å². The summed E-state index contributed by atoms with van der Waals surface area (Å²) in [5, 5.41) is 3.61. The van der Waals surface area contributed by atoms with Crippen LogP contribution in [0.5, 0.6) is 0 Å². The minimum Gasteiger partial charge on any atom is -0.335 e. The molecule has 0 spiro atoms. The molecule has 5 nitrogen and oxygen atoms in total. The van der Waals surface area contributed by atoms with Gasteiger partial charge >= 0.3 is 6.43 Å². The first kappa shape index (κ1) is 14.8. The molecule has 1 aliphatic heterocycles. The minimum atomic E-state index is -2.78. The Kier molecular flexibility index (Phi) is 4.02. The number of alkyl halides is 2. The third-order valence-electron chi connectivity index (χ3n) is 3.80. The van der Waals surface area contributed by atoms with Crippen LogP contribution in [-0.2, 0) is 0 Å². The number of benzene rings is 1. The summed E-state index contributed by atoms with van der Waals surface area (Å²) in [5.74, 6) is -0.804. The lowest BCUT2D eigenvalue weighted by Crippen LogP contribution is -2.47. The Bertz CT molecular complexity index is 631. The molecule has 0 N–H and O–H groups in total. The van der Waals surface area contributed by atoms with E-state index in [1.807, 2.05) is 7.05 Å².